The molecule has 118 valence electrons. The highest BCUT2D eigenvalue weighted by atomic mass is 127. The molecular weight excluding hydrogens is 377 g/mol. The van der Waals surface area contributed by atoms with Crippen LogP contribution in [0.3, 0.4) is 0 Å². The number of rotatable bonds is 4. The summed E-state index contributed by atoms with van der Waals surface area (Å²) >= 11 is 0. The number of para-hydroxylation sites is 1. The van der Waals surface area contributed by atoms with Crippen LogP contribution in [0.1, 0.15) is 31.2 Å². The molecule has 5 heteroatoms. The van der Waals surface area contributed by atoms with Crippen molar-refractivity contribution in [1.82, 2.24) is 4.90 Å². The van der Waals surface area contributed by atoms with E-state index in [2.05, 4.69) is 16.0 Å². The summed E-state index contributed by atoms with van der Waals surface area (Å²) in [7, 11) is 1.70. The highest BCUT2D eigenvalue weighted by molar-refractivity contribution is 14.0. The molecule has 1 fully saturated rings. The van der Waals surface area contributed by atoms with E-state index in [4.69, 9.17) is 10.5 Å². The number of guanidine groups is 1. The maximum absolute atomic E-state index is 6.10. The molecule has 2 N–H and O–H groups in total. The first-order valence-electron chi connectivity index (χ1n) is 7.48. The highest BCUT2D eigenvalue weighted by Gasteiger charge is 2.10. The lowest BCUT2D eigenvalue weighted by Crippen LogP contribution is -2.38. The van der Waals surface area contributed by atoms with Gasteiger partial charge < -0.3 is 15.4 Å². The normalized spacial score (nSPS) is 16.0. The Hall–Kier alpha value is -0.980. The third-order valence-corrected chi connectivity index (χ3v) is 3.78. The fourth-order valence-electron chi connectivity index (χ4n) is 2.60. The van der Waals surface area contributed by atoms with Crippen molar-refractivity contribution in [3.8, 4) is 5.75 Å². The number of nitrogens with zero attached hydrogens (tertiary/aromatic N) is 2. The van der Waals surface area contributed by atoms with Gasteiger partial charge in [-0.2, -0.15) is 0 Å². The lowest BCUT2D eigenvalue weighted by molar-refractivity contribution is 0.409. The van der Waals surface area contributed by atoms with Gasteiger partial charge in [0.2, 0.25) is 0 Å². The standard InChI is InChI=1S/C16H25N3O.HI/c1-20-15-9-5-4-8-14(15)10-11-18-16(17)19-12-6-2-3-7-13-19;/h4-5,8-9H,2-3,6-7,10-13H2,1H3,(H2,17,18);1H. The molecule has 1 heterocycles. The fraction of sp³-hybridized carbons (Fsp3) is 0.562. The Morgan fingerprint density at radius 3 is 2.52 bits per heavy atom. The van der Waals surface area contributed by atoms with Crippen molar-refractivity contribution in [1.29, 1.82) is 0 Å². The van der Waals surface area contributed by atoms with E-state index in [-0.39, 0.29) is 24.0 Å². The molecule has 0 saturated carbocycles. The van der Waals surface area contributed by atoms with Gasteiger partial charge in [-0.1, -0.05) is 31.0 Å². The Labute approximate surface area is 144 Å². The van der Waals surface area contributed by atoms with Crippen LogP contribution in [0.4, 0.5) is 0 Å². The first-order valence-corrected chi connectivity index (χ1v) is 7.48. The number of ether oxygens (including phenoxy) is 1. The van der Waals surface area contributed by atoms with Gasteiger partial charge in [-0.05, 0) is 30.9 Å². The molecule has 1 aromatic carbocycles. The number of hydrogen-bond donors (Lipinski definition) is 1. The first kappa shape index (κ1) is 18.1. The van der Waals surface area contributed by atoms with Crippen LogP contribution in [0.25, 0.3) is 0 Å². The quantitative estimate of drug-likeness (QED) is 0.478. The van der Waals surface area contributed by atoms with Gasteiger partial charge in [0.25, 0.3) is 0 Å². The molecule has 0 atom stereocenters. The second kappa shape index (κ2) is 9.87. The Kier molecular flexibility index (Phi) is 8.49. The van der Waals surface area contributed by atoms with Crippen LogP contribution in [-0.4, -0.2) is 37.6 Å². The van der Waals surface area contributed by atoms with Crippen LogP contribution in [0.2, 0.25) is 0 Å². The Morgan fingerprint density at radius 2 is 1.86 bits per heavy atom. The van der Waals surface area contributed by atoms with Crippen LogP contribution >= 0.6 is 24.0 Å². The molecule has 0 bridgehead atoms. The number of likely N-dealkylation sites (tertiary alicyclic amines) is 1. The van der Waals surface area contributed by atoms with Crippen LogP contribution in [0, 0.1) is 0 Å². The number of methoxy groups -OCH3 is 1. The van der Waals surface area contributed by atoms with Gasteiger partial charge in [0.1, 0.15) is 5.75 Å². The Bertz CT molecular complexity index is 443. The van der Waals surface area contributed by atoms with E-state index in [0.717, 1.165) is 25.3 Å². The van der Waals surface area contributed by atoms with E-state index in [0.29, 0.717) is 12.5 Å². The molecule has 0 aromatic heterocycles. The van der Waals surface area contributed by atoms with E-state index in [1.54, 1.807) is 7.11 Å². The summed E-state index contributed by atoms with van der Waals surface area (Å²) in [5.74, 6) is 1.62. The summed E-state index contributed by atoms with van der Waals surface area (Å²) in [6, 6.07) is 8.07. The summed E-state index contributed by atoms with van der Waals surface area (Å²) < 4.78 is 5.35. The molecule has 0 aliphatic carbocycles. The zero-order valence-electron chi connectivity index (χ0n) is 12.8. The summed E-state index contributed by atoms with van der Waals surface area (Å²) in [6.07, 6.45) is 5.93. The second-order valence-corrected chi connectivity index (χ2v) is 5.20. The molecule has 1 aliphatic heterocycles. The molecule has 0 spiro atoms. The van der Waals surface area contributed by atoms with Gasteiger partial charge in [-0.3, -0.25) is 4.99 Å². The minimum absolute atomic E-state index is 0. The van der Waals surface area contributed by atoms with Crippen LogP contribution in [0.15, 0.2) is 29.3 Å². The van der Waals surface area contributed by atoms with Gasteiger partial charge >= 0.3 is 0 Å². The molecule has 0 amide bonds. The van der Waals surface area contributed by atoms with Crippen LogP contribution in [-0.2, 0) is 6.42 Å². The van der Waals surface area contributed by atoms with E-state index < -0.39 is 0 Å². The zero-order valence-corrected chi connectivity index (χ0v) is 15.1. The highest BCUT2D eigenvalue weighted by Crippen LogP contribution is 2.17. The lowest BCUT2D eigenvalue weighted by atomic mass is 10.1. The van der Waals surface area contributed by atoms with Crippen molar-refractivity contribution in [3.05, 3.63) is 29.8 Å². The molecule has 0 radical (unpaired) electrons. The maximum atomic E-state index is 6.10. The summed E-state index contributed by atoms with van der Waals surface area (Å²) in [6.45, 7) is 2.80. The van der Waals surface area contributed by atoms with Crippen molar-refractivity contribution < 1.29 is 4.74 Å². The second-order valence-electron chi connectivity index (χ2n) is 5.20. The first-order chi connectivity index (χ1) is 9.81. The molecular formula is C16H26IN3O. The molecule has 1 aromatic rings. The zero-order chi connectivity index (χ0) is 14.2. The van der Waals surface area contributed by atoms with Crippen LogP contribution < -0.4 is 10.5 Å². The van der Waals surface area contributed by atoms with Gasteiger partial charge in [-0.15, -0.1) is 24.0 Å². The van der Waals surface area contributed by atoms with E-state index in [1.165, 1.54) is 31.2 Å². The minimum Gasteiger partial charge on any atom is -0.496 e. The van der Waals surface area contributed by atoms with Crippen molar-refractivity contribution in [2.45, 2.75) is 32.1 Å². The van der Waals surface area contributed by atoms with Crippen molar-refractivity contribution in [2.24, 2.45) is 10.7 Å². The van der Waals surface area contributed by atoms with Crippen molar-refractivity contribution in [3.63, 3.8) is 0 Å². The number of halogens is 1. The third-order valence-electron chi connectivity index (χ3n) is 3.78. The van der Waals surface area contributed by atoms with Crippen molar-refractivity contribution >= 4 is 29.9 Å². The number of nitrogens with two attached hydrogens (primary N) is 1. The van der Waals surface area contributed by atoms with Crippen molar-refractivity contribution in [2.75, 3.05) is 26.7 Å². The Balaban J connectivity index is 0.00000220. The van der Waals surface area contributed by atoms with Gasteiger partial charge in [-0.25, -0.2) is 0 Å². The topological polar surface area (TPSA) is 50.9 Å². The Morgan fingerprint density at radius 1 is 1.19 bits per heavy atom. The van der Waals surface area contributed by atoms with Gasteiger partial charge in [0, 0.05) is 19.6 Å². The lowest BCUT2D eigenvalue weighted by Gasteiger charge is -2.21. The fourth-order valence-corrected chi connectivity index (χ4v) is 2.60. The van der Waals surface area contributed by atoms with Gasteiger partial charge in [0.05, 0.1) is 7.11 Å². The number of hydrogen-bond acceptors (Lipinski definition) is 2. The smallest absolute Gasteiger partial charge is 0.191 e. The average Bonchev–Trinajstić information content (AvgIpc) is 2.77. The van der Waals surface area contributed by atoms with E-state index >= 15 is 0 Å². The third kappa shape index (κ3) is 5.73. The summed E-state index contributed by atoms with van der Waals surface area (Å²) in [5.41, 5.74) is 7.28. The molecule has 21 heavy (non-hydrogen) atoms. The SMILES string of the molecule is COc1ccccc1CCN=C(N)N1CCCCCC1.I. The number of aliphatic imine (C=N–C) groups is 1. The summed E-state index contributed by atoms with van der Waals surface area (Å²) in [4.78, 5) is 6.74. The minimum atomic E-state index is 0. The van der Waals surface area contributed by atoms with E-state index in [9.17, 15) is 0 Å². The van der Waals surface area contributed by atoms with E-state index in [1.807, 2.05) is 18.2 Å². The molecule has 1 saturated heterocycles. The average molecular weight is 403 g/mol. The molecule has 2 rings (SSSR count). The molecule has 1 aliphatic rings. The monoisotopic (exact) mass is 403 g/mol. The predicted molar refractivity (Wildman–Crippen MR) is 98.6 cm³/mol. The van der Waals surface area contributed by atoms with Gasteiger partial charge in [0.15, 0.2) is 5.96 Å². The largest absolute Gasteiger partial charge is 0.496 e. The maximum Gasteiger partial charge on any atom is 0.191 e. The molecule has 4 nitrogen and oxygen atoms in total. The molecule has 0 unspecified atom stereocenters. The predicted octanol–water partition coefficient (Wildman–Crippen LogP) is 3.05. The number of benzene rings is 1. The van der Waals surface area contributed by atoms with Crippen LogP contribution in [0.5, 0.6) is 5.75 Å². The summed E-state index contributed by atoms with van der Waals surface area (Å²) in [5, 5.41) is 0.